The molecule has 0 amide bonds. The van der Waals surface area contributed by atoms with Gasteiger partial charge in [-0.25, -0.2) is 4.79 Å². The number of hydrogen-bond donors (Lipinski definition) is 2. The van der Waals surface area contributed by atoms with Crippen molar-refractivity contribution in [1.82, 2.24) is 19.8 Å². The molecule has 0 spiro atoms. The predicted octanol–water partition coefficient (Wildman–Crippen LogP) is -1.32. The zero-order valence-corrected chi connectivity index (χ0v) is 15.6. The second-order valence-corrected chi connectivity index (χ2v) is 7.27. The van der Waals surface area contributed by atoms with Gasteiger partial charge in [0.15, 0.2) is 6.67 Å². The first kappa shape index (κ1) is 17.6. The van der Waals surface area contributed by atoms with Crippen LogP contribution in [0.15, 0.2) is 59.4 Å². The van der Waals surface area contributed by atoms with Gasteiger partial charge in [0.2, 0.25) is 0 Å². The molecule has 3 aromatic rings. The van der Waals surface area contributed by atoms with E-state index in [2.05, 4.69) is 41.6 Å². The molecule has 1 aromatic heterocycles. The maximum Gasteiger partial charge on any atom is 0.373 e. The normalized spacial score (nSPS) is 19.9. The third kappa shape index (κ3) is 3.99. The van der Waals surface area contributed by atoms with Crippen LogP contribution in [-0.2, 0) is 13.2 Å². The van der Waals surface area contributed by atoms with E-state index < -0.39 is 0 Å². The van der Waals surface area contributed by atoms with Gasteiger partial charge in [0.05, 0.1) is 5.69 Å². The van der Waals surface area contributed by atoms with Crippen LogP contribution in [0.2, 0.25) is 0 Å². The van der Waals surface area contributed by atoms with Crippen molar-refractivity contribution in [3.63, 3.8) is 0 Å². The van der Waals surface area contributed by atoms with Crippen LogP contribution >= 0.6 is 0 Å². The highest BCUT2D eigenvalue weighted by Crippen LogP contribution is 2.04. The van der Waals surface area contributed by atoms with E-state index in [1.165, 1.54) is 25.4 Å². The van der Waals surface area contributed by atoms with Crippen LogP contribution in [0.25, 0.3) is 5.69 Å². The summed E-state index contributed by atoms with van der Waals surface area (Å²) in [5.74, 6) is 0. The first-order valence-corrected chi connectivity index (χ1v) is 9.50. The number of nitrogens with zero attached hydrogens (tertiary/aromatic N) is 4. The minimum Gasteiger partial charge on any atom is -0.322 e. The molecule has 2 N–H and O–H groups in total. The van der Waals surface area contributed by atoms with E-state index in [1.54, 1.807) is 4.90 Å². The van der Waals surface area contributed by atoms with Gasteiger partial charge in [-0.3, -0.25) is 0 Å². The Hall–Kier alpha value is -2.77. The number of rotatable bonds is 5. The fourth-order valence-electron chi connectivity index (χ4n) is 3.69. The van der Waals surface area contributed by atoms with Crippen molar-refractivity contribution in [1.29, 1.82) is 0 Å². The standard InChI is InChI=1S/C20H24N6O/c1-17-7-5-6-8-18(17)15-23-11-13-24(14-12-23)16-25-20(27)26(22-21-25)19-9-3-2-4-10-19/h2-10H,11-16H2,1H3/p+2. The van der Waals surface area contributed by atoms with E-state index in [0.717, 1.165) is 38.4 Å². The van der Waals surface area contributed by atoms with Gasteiger partial charge in [-0.15, -0.1) is 4.68 Å². The van der Waals surface area contributed by atoms with Crippen molar-refractivity contribution < 1.29 is 9.80 Å². The Bertz CT molecular complexity index is 940. The van der Waals surface area contributed by atoms with Crippen molar-refractivity contribution in [2.24, 2.45) is 0 Å². The molecule has 7 nitrogen and oxygen atoms in total. The number of hydrogen-bond acceptors (Lipinski definition) is 3. The molecule has 1 saturated heterocycles. The first-order chi connectivity index (χ1) is 13.2. The number of para-hydroxylation sites is 1. The number of aromatic nitrogens is 4. The van der Waals surface area contributed by atoms with Crippen molar-refractivity contribution in [3.8, 4) is 5.69 Å². The number of benzene rings is 2. The number of tetrazole rings is 1. The topological polar surface area (TPSA) is 61.6 Å². The highest BCUT2D eigenvalue weighted by molar-refractivity contribution is 5.28. The molecular weight excluding hydrogens is 340 g/mol. The monoisotopic (exact) mass is 366 g/mol. The van der Waals surface area contributed by atoms with E-state index >= 15 is 0 Å². The van der Waals surface area contributed by atoms with Crippen LogP contribution in [0.4, 0.5) is 0 Å². The summed E-state index contributed by atoms with van der Waals surface area (Å²) in [6.45, 7) is 8.10. The van der Waals surface area contributed by atoms with Gasteiger partial charge in [0.25, 0.3) is 0 Å². The molecule has 0 saturated carbocycles. The fraction of sp³-hybridized carbons (Fsp3) is 0.350. The summed E-state index contributed by atoms with van der Waals surface area (Å²) >= 11 is 0. The van der Waals surface area contributed by atoms with Crippen molar-refractivity contribution in [2.75, 3.05) is 26.2 Å². The average Bonchev–Trinajstić information content (AvgIpc) is 3.06. The van der Waals surface area contributed by atoms with E-state index in [1.807, 2.05) is 30.3 Å². The van der Waals surface area contributed by atoms with Crippen molar-refractivity contribution in [2.45, 2.75) is 20.1 Å². The quantitative estimate of drug-likeness (QED) is 0.589. The second kappa shape index (κ2) is 7.85. The summed E-state index contributed by atoms with van der Waals surface area (Å²) in [5.41, 5.74) is 3.36. The maximum absolute atomic E-state index is 12.6. The molecule has 140 valence electrons. The molecule has 1 fully saturated rings. The van der Waals surface area contributed by atoms with E-state index in [4.69, 9.17) is 0 Å². The summed E-state index contributed by atoms with van der Waals surface area (Å²) < 4.78 is 2.84. The van der Waals surface area contributed by atoms with E-state index in [9.17, 15) is 4.79 Å². The Balaban J connectivity index is 1.35. The molecule has 4 rings (SSSR count). The Morgan fingerprint density at radius 1 is 0.889 bits per heavy atom. The van der Waals surface area contributed by atoms with Crippen LogP contribution in [0.3, 0.4) is 0 Å². The van der Waals surface area contributed by atoms with Gasteiger partial charge in [-0.05, 0) is 35.0 Å². The van der Waals surface area contributed by atoms with E-state index in [0.29, 0.717) is 6.67 Å². The van der Waals surface area contributed by atoms with Gasteiger partial charge in [-0.2, -0.15) is 4.68 Å². The van der Waals surface area contributed by atoms with Gasteiger partial charge >= 0.3 is 5.69 Å². The molecule has 1 aliphatic rings. The first-order valence-electron chi connectivity index (χ1n) is 9.50. The lowest BCUT2D eigenvalue weighted by atomic mass is 10.1. The molecule has 2 aromatic carbocycles. The minimum absolute atomic E-state index is 0.177. The van der Waals surface area contributed by atoms with Gasteiger partial charge in [0, 0.05) is 5.56 Å². The fourth-order valence-corrected chi connectivity index (χ4v) is 3.69. The summed E-state index contributed by atoms with van der Waals surface area (Å²) in [6.07, 6.45) is 0. The van der Waals surface area contributed by atoms with Gasteiger partial charge in [0.1, 0.15) is 32.7 Å². The molecule has 0 bridgehead atoms. The zero-order chi connectivity index (χ0) is 18.6. The van der Waals surface area contributed by atoms with Crippen LogP contribution in [0.5, 0.6) is 0 Å². The van der Waals surface area contributed by atoms with Gasteiger partial charge < -0.3 is 9.80 Å². The molecule has 0 unspecified atom stereocenters. The third-order valence-electron chi connectivity index (χ3n) is 5.38. The van der Waals surface area contributed by atoms with Crippen molar-refractivity contribution >= 4 is 0 Å². The average molecular weight is 366 g/mol. The van der Waals surface area contributed by atoms with Crippen LogP contribution in [-0.4, -0.2) is 46.0 Å². The summed E-state index contributed by atoms with van der Waals surface area (Å²) in [6, 6.07) is 18.0. The lowest BCUT2D eigenvalue weighted by Gasteiger charge is -2.29. The second-order valence-electron chi connectivity index (χ2n) is 7.27. The summed E-state index contributed by atoms with van der Waals surface area (Å²) in [7, 11) is 0. The molecule has 0 atom stereocenters. The number of nitrogens with one attached hydrogen (secondary N) is 2. The number of aryl methyl sites for hydroxylation is 1. The Labute approximate surface area is 158 Å². The highest BCUT2D eigenvalue weighted by Gasteiger charge is 2.24. The Morgan fingerprint density at radius 2 is 1.56 bits per heavy atom. The zero-order valence-electron chi connectivity index (χ0n) is 15.6. The highest BCUT2D eigenvalue weighted by atomic mass is 16.2. The minimum atomic E-state index is -0.177. The molecule has 2 heterocycles. The lowest BCUT2D eigenvalue weighted by Crippen LogP contribution is -3.27. The lowest BCUT2D eigenvalue weighted by molar-refractivity contribution is -1.03. The van der Waals surface area contributed by atoms with Crippen LogP contribution < -0.4 is 15.5 Å². The Morgan fingerprint density at radius 3 is 2.30 bits per heavy atom. The molecule has 7 heteroatoms. The van der Waals surface area contributed by atoms with Crippen LogP contribution in [0.1, 0.15) is 11.1 Å². The van der Waals surface area contributed by atoms with Crippen LogP contribution in [0, 0.1) is 6.92 Å². The molecule has 27 heavy (non-hydrogen) atoms. The smallest absolute Gasteiger partial charge is 0.322 e. The molecule has 0 radical (unpaired) electrons. The van der Waals surface area contributed by atoms with Gasteiger partial charge in [-0.1, -0.05) is 42.5 Å². The van der Waals surface area contributed by atoms with E-state index in [-0.39, 0.29) is 5.69 Å². The molecule has 1 aliphatic heterocycles. The largest absolute Gasteiger partial charge is 0.373 e. The maximum atomic E-state index is 12.6. The molecular formula is C20H26N6O+2. The third-order valence-corrected chi connectivity index (χ3v) is 5.38. The summed E-state index contributed by atoms with van der Waals surface area (Å²) in [4.78, 5) is 15.6. The van der Waals surface area contributed by atoms with Crippen molar-refractivity contribution in [3.05, 3.63) is 76.2 Å². The number of quaternary nitrogens is 2. The summed E-state index contributed by atoms with van der Waals surface area (Å²) in [5, 5.41) is 8.10. The Kier molecular flexibility index (Phi) is 5.13. The molecule has 0 aliphatic carbocycles. The number of piperazine rings is 1. The SMILES string of the molecule is Cc1ccccc1C[NH+]1CC[NH+](Cn2nnn(-c3ccccc3)c2=O)CC1. The predicted molar refractivity (Wildman–Crippen MR) is 102 cm³/mol.